The van der Waals surface area contributed by atoms with Crippen molar-refractivity contribution in [3.63, 3.8) is 0 Å². The van der Waals surface area contributed by atoms with E-state index in [1.54, 1.807) is 6.07 Å². The fourth-order valence-electron chi connectivity index (χ4n) is 3.33. The molecule has 0 unspecified atom stereocenters. The zero-order valence-corrected chi connectivity index (χ0v) is 15.6. The molecule has 136 valence electrons. The summed E-state index contributed by atoms with van der Waals surface area (Å²) in [5.74, 6) is 0.208. The van der Waals surface area contributed by atoms with E-state index >= 15 is 0 Å². The zero-order chi connectivity index (χ0) is 18.5. The monoisotopic (exact) mass is 370 g/mol. The largest absolute Gasteiger partial charge is 0.325 e. The van der Waals surface area contributed by atoms with Crippen LogP contribution >= 0.6 is 11.6 Å². The summed E-state index contributed by atoms with van der Waals surface area (Å²) in [5, 5.41) is 3.57. The minimum atomic E-state index is -0.0526. The first kappa shape index (κ1) is 18.6. The topological polar surface area (TPSA) is 49.4 Å². The van der Waals surface area contributed by atoms with Crippen molar-refractivity contribution in [2.24, 2.45) is 5.92 Å². The van der Waals surface area contributed by atoms with Crippen LogP contribution in [0.3, 0.4) is 0 Å². The van der Waals surface area contributed by atoms with Gasteiger partial charge in [0.2, 0.25) is 5.91 Å². The highest BCUT2D eigenvalue weighted by atomic mass is 35.5. The zero-order valence-electron chi connectivity index (χ0n) is 14.9. The van der Waals surface area contributed by atoms with Crippen molar-refractivity contribution >= 4 is 29.0 Å². The summed E-state index contributed by atoms with van der Waals surface area (Å²) < 4.78 is 0. The van der Waals surface area contributed by atoms with Gasteiger partial charge in [0.1, 0.15) is 0 Å². The van der Waals surface area contributed by atoms with E-state index < -0.39 is 0 Å². The number of nitrogens with zero attached hydrogens (tertiary/aromatic N) is 1. The number of halogens is 1. The molecule has 0 aromatic heterocycles. The summed E-state index contributed by atoms with van der Waals surface area (Å²) in [4.78, 5) is 26.9. The Balaban J connectivity index is 1.50. The highest BCUT2D eigenvalue weighted by molar-refractivity contribution is 6.31. The summed E-state index contributed by atoms with van der Waals surface area (Å²) in [6.07, 6.45) is 1.58. The number of benzene rings is 2. The second-order valence-corrected chi connectivity index (χ2v) is 7.15. The quantitative estimate of drug-likeness (QED) is 0.803. The van der Waals surface area contributed by atoms with Crippen molar-refractivity contribution in [1.29, 1.82) is 0 Å². The van der Waals surface area contributed by atoms with Gasteiger partial charge in [0, 0.05) is 22.2 Å². The maximum atomic E-state index is 12.5. The summed E-state index contributed by atoms with van der Waals surface area (Å²) in [6, 6.07) is 14.9. The maximum absolute atomic E-state index is 12.5. The van der Waals surface area contributed by atoms with Gasteiger partial charge < -0.3 is 5.32 Å². The minimum Gasteiger partial charge on any atom is -0.325 e. The molecule has 0 saturated carbocycles. The van der Waals surface area contributed by atoms with Gasteiger partial charge in [0.05, 0.1) is 6.54 Å². The number of carbonyl (C=O) groups is 2. The Morgan fingerprint density at radius 3 is 2.46 bits per heavy atom. The van der Waals surface area contributed by atoms with Crippen LogP contribution in [-0.4, -0.2) is 36.2 Å². The molecule has 1 fully saturated rings. The number of hydrogen-bond acceptors (Lipinski definition) is 3. The van der Waals surface area contributed by atoms with Crippen LogP contribution < -0.4 is 5.32 Å². The molecule has 3 rings (SSSR count). The maximum Gasteiger partial charge on any atom is 0.238 e. The highest BCUT2D eigenvalue weighted by Gasteiger charge is 2.26. The molecule has 1 aliphatic heterocycles. The van der Waals surface area contributed by atoms with Crippen LogP contribution in [0.1, 0.15) is 28.8 Å². The predicted octanol–water partition coefficient (Wildman–Crippen LogP) is 4.18. The van der Waals surface area contributed by atoms with Gasteiger partial charge in [-0.05, 0) is 50.6 Å². The van der Waals surface area contributed by atoms with Gasteiger partial charge in [0.15, 0.2) is 5.78 Å². The van der Waals surface area contributed by atoms with E-state index in [0.717, 1.165) is 42.7 Å². The molecular formula is C21H23ClN2O2. The first-order valence-corrected chi connectivity index (χ1v) is 9.29. The number of hydrogen-bond donors (Lipinski definition) is 1. The Morgan fingerprint density at radius 2 is 1.77 bits per heavy atom. The lowest BCUT2D eigenvalue weighted by Gasteiger charge is -2.30. The minimum absolute atomic E-state index is 0.0480. The first-order valence-electron chi connectivity index (χ1n) is 8.91. The third-order valence-electron chi connectivity index (χ3n) is 4.93. The highest BCUT2D eigenvalue weighted by Crippen LogP contribution is 2.24. The van der Waals surface area contributed by atoms with E-state index in [1.165, 1.54) is 0 Å². The average molecular weight is 371 g/mol. The number of likely N-dealkylation sites (tertiary alicyclic amines) is 1. The third-order valence-corrected chi connectivity index (χ3v) is 5.34. The van der Waals surface area contributed by atoms with Crippen molar-refractivity contribution in [1.82, 2.24) is 4.90 Å². The van der Waals surface area contributed by atoms with Crippen LogP contribution in [0.5, 0.6) is 0 Å². The van der Waals surface area contributed by atoms with Gasteiger partial charge in [-0.3, -0.25) is 14.5 Å². The summed E-state index contributed by atoms with van der Waals surface area (Å²) in [7, 11) is 0. The fourth-order valence-corrected chi connectivity index (χ4v) is 3.50. The van der Waals surface area contributed by atoms with Crippen molar-refractivity contribution in [3.8, 4) is 0 Å². The summed E-state index contributed by atoms with van der Waals surface area (Å²) in [5.41, 5.74) is 2.39. The Hall–Kier alpha value is -2.17. The number of anilines is 1. The number of amides is 1. The standard InChI is InChI=1S/C21H23ClN2O2/c1-15-18(22)8-5-9-19(15)23-20(25)14-24-12-10-17(11-13-24)21(26)16-6-3-2-4-7-16/h2-9,17H,10-14H2,1H3,(H,23,25). The summed E-state index contributed by atoms with van der Waals surface area (Å²) >= 11 is 6.09. The smallest absolute Gasteiger partial charge is 0.238 e. The van der Waals surface area contributed by atoms with Gasteiger partial charge in [0.25, 0.3) is 0 Å². The second kappa shape index (κ2) is 8.47. The Labute approximate surface area is 159 Å². The van der Waals surface area contributed by atoms with E-state index in [1.807, 2.05) is 49.4 Å². The van der Waals surface area contributed by atoms with Crippen molar-refractivity contribution < 1.29 is 9.59 Å². The lowest BCUT2D eigenvalue weighted by Crippen LogP contribution is -2.40. The Morgan fingerprint density at radius 1 is 1.08 bits per heavy atom. The van der Waals surface area contributed by atoms with Crippen LogP contribution in [0, 0.1) is 12.8 Å². The number of carbonyl (C=O) groups excluding carboxylic acids is 2. The molecule has 5 heteroatoms. The Kier molecular flexibility index (Phi) is 6.07. The van der Waals surface area contributed by atoms with Crippen LogP contribution in [0.25, 0.3) is 0 Å². The van der Waals surface area contributed by atoms with Crippen molar-refractivity contribution in [2.75, 3.05) is 25.0 Å². The molecule has 1 aliphatic rings. The van der Waals surface area contributed by atoms with E-state index in [4.69, 9.17) is 11.6 Å². The number of nitrogens with one attached hydrogen (secondary N) is 1. The first-order chi connectivity index (χ1) is 12.5. The molecule has 4 nitrogen and oxygen atoms in total. The SMILES string of the molecule is Cc1c(Cl)cccc1NC(=O)CN1CCC(C(=O)c2ccccc2)CC1. The van der Waals surface area contributed by atoms with Crippen LogP contribution in [-0.2, 0) is 4.79 Å². The van der Waals surface area contributed by atoms with Gasteiger partial charge in [-0.25, -0.2) is 0 Å². The van der Waals surface area contributed by atoms with Crippen molar-refractivity contribution in [2.45, 2.75) is 19.8 Å². The molecule has 1 N–H and O–H groups in total. The molecule has 0 spiro atoms. The fraction of sp³-hybridized carbons (Fsp3) is 0.333. The van der Waals surface area contributed by atoms with Crippen LogP contribution in [0.4, 0.5) is 5.69 Å². The lowest BCUT2D eigenvalue weighted by atomic mass is 9.89. The second-order valence-electron chi connectivity index (χ2n) is 6.74. The molecule has 26 heavy (non-hydrogen) atoms. The van der Waals surface area contributed by atoms with E-state index in [2.05, 4.69) is 10.2 Å². The normalized spacial score (nSPS) is 15.6. The van der Waals surface area contributed by atoms with E-state index in [0.29, 0.717) is 11.6 Å². The van der Waals surface area contributed by atoms with E-state index in [9.17, 15) is 9.59 Å². The predicted molar refractivity (Wildman–Crippen MR) is 105 cm³/mol. The lowest BCUT2D eigenvalue weighted by molar-refractivity contribution is -0.117. The van der Waals surface area contributed by atoms with Crippen molar-refractivity contribution in [3.05, 3.63) is 64.7 Å². The Bertz CT molecular complexity index is 784. The van der Waals surface area contributed by atoms with Crippen LogP contribution in [0.15, 0.2) is 48.5 Å². The molecule has 2 aromatic carbocycles. The molecule has 0 atom stereocenters. The van der Waals surface area contributed by atoms with Gasteiger partial charge in [-0.15, -0.1) is 0 Å². The molecule has 2 aromatic rings. The summed E-state index contributed by atoms with van der Waals surface area (Å²) in [6.45, 7) is 3.73. The molecule has 0 bridgehead atoms. The number of rotatable bonds is 5. The number of piperidine rings is 1. The molecule has 0 aliphatic carbocycles. The van der Waals surface area contributed by atoms with Gasteiger partial charge >= 0.3 is 0 Å². The van der Waals surface area contributed by atoms with Gasteiger partial charge in [-0.1, -0.05) is 48.0 Å². The number of ketones is 1. The number of Topliss-reactive ketones (excluding diaryl/α,β-unsaturated/α-hetero) is 1. The third kappa shape index (κ3) is 4.51. The molecule has 1 amide bonds. The molecular weight excluding hydrogens is 348 g/mol. The molecule has 1 heterocycles. The average Bonchev–Trinajstić information content (AvgIpc) is 2.66. The molecule has 1 saturated heterocycles. The van der Waals surface area contributed by atoms with Crippen LogP contribution in [0.2, 0.25) is 5.02 Å². The van der Waals surface area contributed by atoms with E-state index in [-0.39, 0.29) is 17.6 Å². The van der Waals surface area contributed by atoms with Gasteiger partial charge in [-0.2, -0.15) is 0 Å². The molecule has 0 radical (unpaired) electrons.